The molecule has 156 valence electrons. The molecule has 2 aromatic carbocycles. The van der Waals surface area contributed by atoms with Gasteiger partial charge in [0.2, 0.25) is 10.0 Å². The number of piperazine rings is 1. The lowest BCUT2D eigenvalue weighted by Gasteiger charge is -2.31. The predicted octanol–water partition coefficient (Wildman–Crippen LogP) is 3.16. The maximum Gasteiger partial charge on any atom is 0.251 e. The molecule has 1 atom stereocenters. The van der Waals surface area contributed by atoms with Gasteiger partial charge in [0, 0.05) is 36.8 Å². The summed E-state index contributed by atoms with van der Waals surface area (Å²) in [4.78, 5) is 15.0. The van der Waals surface area contributed by atoms with Crippen molar-refractivity contribution in [2.24, 2.45) is 0 Å². The van der Waals surface area contributed by atoms with E-state index in [1.807, 2.05) is 26.1 Å². The summed E-state index contributed by atoms with van der Waals surface area (Å²) < 4.78 is 27.4. The zero-order valence-corrected chi connectivity index (χ0v) is 18.2. The van der Waals surface area contributed by atoms with Gasteiger partial charge in [0.1, 0.15) is 0 Å². The van der Waals surface area contributed by atoms with Crippen LogP contribution in [0.2, 0.25) is 5.02 Å². The molecule has 1 unspecified atom stereocenters. The first-order chi connectivity index (χ1) is 13.8. The highest BCUT2D eigenvalue weighted by Gasteiger charge is 2.28. The molecule has 2 aromatic rings. The SMILES string of the molecule is CCC(NC(=O)c1cccc(S(=O)(=O)N2CCN(C)CC2)c1)c1ccc(Cl)cc1. The number of nitrogens with one attached hydrogen (secondary N) is 1. The Hall–Kier alpha value is -1.93. The number of likely N-dealkylation sites (N-methyl/N-ethyl adjacent to an activating group) is 1. The van der Waals surface area contributed by atoms with Gasteiger partial charge in [0.25, 0.3) is 5.91 Å². The van der Waals surface area contributed by atoms with Crippen molar-refractivity contribution in [3.8, 4) is 0 Å². The van der Waals surface area contributed by atoms with Gasteiger partial charge in [-0.15, -0.1) is 0 Å². The molecular formula is C21H26ClN3O3S. The maximum absolute atomic E-state index is 13.0. The Labute approximate surface area is 177 Å². The molecule has 1 heterocycles. The monoisotopic (exact) mass is 435 g/mol. The topological polar surface area (TPSA) is 69.7 Å². The lowest BCUT2D eigenvalue weighted by Crippen LogP contribution is -2.47. The minimum Gasteiger partial charge on any atom is -0.345 e. The highest BCUT2D eigenvalue weighted by Crippen LogP contribution is 2.22. The van der Waals surface area contributed by atoms with Crippen molar-refractivity contribution in [2.45, 2.75) is 24.3 Å². The van der Waals surface area contributed by atoms with Crippen molar-refractivity contribution in [1.29, 1.82) is 0 Å². The number of halogens is 1. The lowest BCUT2D eigenvalue weighted by atomic mass is 10.0. The molecule has 1 amide bonds. The molecule has 1 aliphatic rings. The first kappa shape index (κ1) is 21.8. The van der Waals surface area contributed by atoms with Crippen LogP contribution in [0, 0.1) is 0 Å². The Bertz CT molecular complexity index is 955. The van der Waals surface area contributed by atoms with Crippen LogP contribution in [0.1, 0.15) is 35.3 Å². The quantitative estimate of drug-likeness (QED) is 0.756. The first-order valence-corrected chi connectivity index (χ1v) is 11.5. The molecule has 29 heavy (non-hydrogen) atoms. The van der Waals surface area contributed by atoms with Crippen molar-refractivity contribution >= 4 is 27.5 Å². The molecule has 6 nitrogen and oxygen atoms in total. The van der Waals surface area contributed by atoms with Crippen LogP contribution in [0.15, 0.2) is 53.4 Å². The molecule has 3 rings (SSSR count). The van der Waals surface area contributed by atoms with Crippen molar-refractivity contribution in [2.75, 3.05) is 33.2 Å². The standard InChI is InChI=1S/C21H26ClN3O3S/c1-3-20(16-7-9-18(22)10-8-16)23-21(26)17-5-4-6-19(15-17)29(27,28)25-13-11-24(2)12-14-25/h4-10,15,20H,3,11-14H2,1-2H3,(H,23,26). The number of benzene rings is 2. The molecule has 1 saturated heterocycles. The Morgan fingerprint density at radius 1 is 1.10 bits per heavy atom. The van der Waals surface area contributed by atoms with Crippen molar-refractivity contribution < 1.29 is 13.2 Å². The number of hydrogen-bond acceptors (Lipinski definition) is 4. The number of carbonyl (C=O) groups excluding carboxylic acids is 1. The molecule has 1 N–H and O–H groups in total. The van der Waals surface area contributed by atoms with E-state index >= 15 is 0 Å². The Morgan fingerprint density at radius 2 is 1.76 bits per heavy atom. The normalized spacial score (nSPS) is 17.1. The van der Waals surface area contributed by atoms with Crippen molar-refractivity contribution in [3.05, 3.63) is 64.7 Å². The number of carbonyl (C=O) groups is 1. The predicted molar refractivity (Wildman–Crippen MR) is 115 cm³/mol. The van der Waals surface area contributed by atoms with Gasteiger partial charge in [0.05, 0.1) is 10.9 Å². The minimum absolute atomic E-state index is 0.147. The van der Waals surface area contributed by atoms with Gasteiger partial charge in [-0.25, -0.2) is 8.42 Å². The molecule has 0 aromatic heterocycles. The Kier molecular flexibility index (Phi) is 6.95. The van der Waals surface area contributed by atoms with Gasteiger partial charge in [-0.05, 0) is 49.4 Å². The zero-order chi connectivity index (χ0) is 21.0. The summed E-state index contributed by atoms with van der Waals surface area (Å²) >= 11 is 5.94. The number of hydrogen-bond donors (Lipinski definition) is 1. The summed E-state index contributed by atoms with van der Waals surface area (Å²) in [6.45, 7) is 4.26. The van der Waals surface area contributed by atoms with E-state index in [2.05, 4.69) is 10.2 Å². The van der Waals surface area contributed by atoms with E-state index in [-0.39, 0.29) is 16.8 Å². The van der Waals surface area contributed by atoms with Gasteiger partial charge in [-0.3, -0.25) is 4.79 Å². The highest BCUT2D eigenvalue weighted by atomic mass is 35.5. The number of amides is 1. The van der Waals surface area contributed by atoms with E-state index in [0.29, 0.717) is 43.2 Å². The Morgan fingerprint density at radius 3 is 2.38 bits per heavy atom. The minimum atomic E-state index is -3.62. The summed E-state index contributed by atoms with van der Waals surface area (Å²) in [6, 6.07) is 13.4. The van der Waals surface area contributed by atoms with Gasteiger partial charge in [-0.2, -0.15) is 4.31 Å². The van der Waals surface area contributed by atoms with Crippen LogP contribution in [0.3, 0.4) is 0 Å². The van der Waals surface area contributed by atoms with Gasteiger partial charge < -0.3 is 10.2 Å². The van der Waals surface area contributed by atoms with E-state index in [1.165, 1.54) is 10.4 Å². The average Bonchev–Trinajstić information content (AvgIpc) is 2.73. The average molecular weight is 436 g/mol. The molecule has 0 spiro atoms. The van der Waals surface area contributed by atoms with E-state index in [0.717, 1.165) is 5.56 Å². The molecular weight excluding hydrogens is 410 g/mol. The summed E-state index contributed by atoms with van der Waals surface area (Å²) in [7, 11) is -1.65. The Balaban J connectivity index is 1.77. The zero-order valence-electron chi connectivity index (χ0n) is 16.6. The summed E-state index contributed by atoms with van der Waals surface area (Å²) in [5.41, 5.74) is 1.28. The summed E-state index contributed by atoms with van der Waals surface area (Å²) in [6.07, 6.45) is 0.701. The molecule has 0 saturated carbocycles. The fraction of sp³-hybridized carbons (Fsp3) is 0.381. The summed E-state index contributed by atoms with van der Waals surface area (Å²) in [5, 5.41) is 3.62. The molecule has 8 heteroatoms. The summed E-state index contributed by atoms with van der Waals surface area (Å²) in [5.74, 6) is -0.303. The largest absolute Gasteiger partial charge is 0.345 e. The first-order valence-electron chi connectivity index (χ1n) is 9.66. The molecule has 0 radical (unpaired) electrons. The van der Waals surface area contributed by atoms with E-state index in [4.69, 9.17) is 11.6 Å². The fourth-order valence-electron chi connectivity index (χ4n) is 3.33. The van der Waals surface area contributed by atoms with E-state index in [9.17, 15) is 13.2 Å². The third-order valence-corrected chi connectivity index (χ3v) is 7.33. The molecule has 1 aliphatic heterocycles. The maximum atomic E-state index is 13.0. The van der Waals surface area contributed by atoms with Crippen LogP contribution in [-0.2, 0) is 10.0 Å². The van der Waals surface area contributed by atoms with Crippen molar-refractivity contribution in [1.82, 2.24) is 14.5 Å². The second-order valence-corrected chi connectivity index (χ2v) is 9.60. The molecule has 0 bridgehead atoms. The second-order valence-electron chi connectivity index (χ2n) is 7.22. The third-order valence-electron chi connectivity index (χ3n) is 5.18. The number of sulfonamides is 1. The van der Waals surface area contributed by atoms with E-state index < -0.39 is 10.0 Å². The fourth-order valence-corrected chi connectivity index (χ4v) is 4.93. The number of nitrogens with zero attached hydrogens (tertiary/aromatic N) is 2. The van der Waals surface area contributed by atoms with E-state index in [1.54, 1.807) is 30.3 Å². The van der Waals surface area contributed by atoms with Crippen molar-refractivity contribution in [3.63, 3.8) is 0 Å². The molecule has 0 aliphatic carbocycles. The number of rotatable bonds is 6. The van der Waals surface area contributed by atoms with Gasteiger partial charge >= 0.3 is 0 Å². The second kappa shape index (κ2) is 9.26. The van der Waals surface area contributed by atoms with Crippen LogP contribution in [0.4, 0.5) is 0 Å². The lowest BCUT2D eigenvalue weighted by molar-refractivity contribution is 0.0935. The molecule has 1 fully saturated rings. The third kappa shape index (κ3) is 5.17. The smallest absolute Gasteiger partial charge is 0.251 e. The van der Waals surface area contributed by atoms with Crippen LogP contribution >= 0.6 is 11.6 Å². The van der Waals surface area contributed by atoms with Gasteiger partial charge in [-0.1, -0.05) is 36.7 Å². The van der Waals surface area contributed by atoms with Crippen LogP contribution in [-0.4, -0.2) is 56.8 Å². The highest BCUT2D eigenvalue weighted by molar-refractivity contribution is 7.89. The van der Waals surface area contributed by atoms with Crippen LogP contribution in [0.5, 0.6) is 0 Å². The van der Waals surface area contributed by atoms with Crippen LogP contribution < -0.4 is 5.32 Å². The van der Waals surface area contributed by atoms with Crippen LogP contribution in [0.25, 0.3) is 0 Å². The van der Waals surface area contributed by atoms with Gasteiger partial charge in [0.15, 0.2) is 0 Å².